The number of hydrogen-bond donors (Lipinski definition) is 1. The Morgan fingerprint density at radius 2 is 1.91 bits per heavy atom. The Kier molecular flexibility index (Phi) is 6.22. The van der Waals surface area contributed by atoms with E-state index in [0.29, 0.717) is 6.04 Å². The van der Waals surface area contributed by atoms with Crippen LogP contribution in [0.15, 0.2) is 36.4 Å². The maximum absolute atomic E-state index is 5.08. The monoisotopic (exact) mass is 300 g/mol. The van der Waals surface area contributed by atoms with Crippen molar-refractivity contribution in [3.63, 3.8) is 0 Å². The van der Waals surface area contributed by atoms with Crippen molar-refractivity contribution in [2.24, 2.45) is 0 Å². The predicted molar refractivity (Wildman–Crippen MR) is 92.4 cm³/mol. The molecular weight excluding hydrogens is 272 g/mol. The van der Waals surface area contributed by atoms with Crippen molar-refractivity contribution in [1.82, 2.24) is 9.88 Å². The molecular formula is C19H28N2O. The van der Waals surface area contributed by atoms with Gasteiger partial charge in [0.2, 0.25) is 0 Å². The SMILES string of the molecule is COCCCNCc1cc(C)n([C@@H](C)c2ccccc2)c1C. The van der Waals surface area contributed by atoms with Crippen LogP contribution in [0.1, 0.15) is 41.9 Å². The molecule has 0 saturated heterocycles. The van der Waals surface area contributed by atoms with Crippen LogP contribution in [0.25, 0.3) is 0 Å². The van der Waals surface area contributed by atoms with Crippen molar-refractivity contribution >= 4 is 0 Å². The van der Waals surface area contributed by atoms with Gasteiger partial charge >= 0.3 is 0 Å². The minimum Gasteiger partial charge on any atom is -0.385 e. The Morgan fingerprint density at radius 3 is 2.59 bits per heavy atom. The summed E-state index contributed by atoms with van der Waals surface area (Å²) >= 11 is 0. The van der Waals surface area contributed by atoms with E-state index >= 15 is 0 Å². The van der Waals surface area contributed by atoms with E-state index in [2.05, 4.69) is 67.1 Å². The molecule has 0 fully saturated rings. The average Bonchev–Trinajstić information content (AvgIpc) is 2.81. The van der Waals surface area contributed by atoms with Crippen LogP contribution in [0.5, 0.6) is 0 Å². The highest BCUT2D eigenvalue weighted by Crippen LogP contribution is 2.25. The van der Waals surface area contributed by atoms with Crippen molar-refractivity contribution in [1.29, 1.82) is 0 Å². The average molecular weight is 300 g/mol. The van der Waals surface area contributed by atoms with Gasteiger partial charge in [-0.2, -0.15) is 0 Å². The summed E-state index contributed by atoms with van der Waals surface area (Å²) < 4.78 is 7.51. The van der Waals surface area contributed by atoms with Gasteiger partial charge in [-0.1, -0.05) is 30.3 Å². The van der Waals surface area contributed by atoms with Crippen LogP contribution in [0.2, 0.25) is 0 Å². The maximum Gasteiger partial charge on any atom is 0.0556 e. The third-order valence-electron chi connectivity index (χ3n) is 4.28. The largest absolute Gasteiger partial charge is 0.385 e. The molecule has 2 rings (SSSR count). The Hall–Kier alpha value is -1.58. The van der Waals surface area contributed by atoms with Gasteiger partial charge in [0, 0.05) is 31.6 Å². The molecule has 0 bridgehead atoms. The molecule has 0 aliphatic rings. The Labute approximate surface area is 134 Å². The number of aryl methyl sites for hydroxylation is 1. The van der Waals surface area contributed by atoms with E-state index in [0.717, 1.165) is 26.1 Å². The zero-order valence-corrected chi connectivity index (χ0v) is 14.2. The van der Waals surface area contributed by atoms with Crippen LogP contribution in [0, 0.1) is 13.8 Å². The van der Waals surface area contributed by atoms with Gasteiger partial charge in [-0.15, -0.1) is 0 Å². The molecule has 2 aromatic rings. The second kappa shape index (κ2) is 8.16. The molecule has 1 atom stereocenters. The second-order valence-corrected chi connectivity index (χ2v) is 5.88. The zero-order chi connectivity index (χ0) is 15.9. The summed E-state index contributed by atoms with van der Waals surface area (Å²) in [4.78, 5) is 0. The van der Waals surface area contributed by atoms with Crippen LogP contribution in [0.4, 0.5) is 0 Å². The molecule has 1 heterocycles. The molecule has 0 spiro atoms. The van der Waals surface area contributed by atoms with Crippen molar-refractivity contribution in [2.45, 2.75) is 39.8 Å². The number of nitrogens with one attached hydrogen (secondary N) is 1. The topological polar surface area (TPSA) is 26.2 Å². The van der Waals surface area contributed by atoms with E-state index in [9.17, 15) is 0 Å². The number of methoxy groups -OCH3 is 1. The van der Waals surface area contributed by atoms with E-state index in [1.807, 2.05) is 0 Å². The summed E-state index contributed by atoms with van der Waals surface area (Å²) in [6.07, 6.45) is 1.05. The summed E-state index contributed by atoms with van der Waals surface area (Å²) in [5, 5.41) is 3.50. The number of nitrogens with zero attached hydrogens (tertiary/aromatic N) is 1. The van der Waals surface area contributed by atoms with Gasteiger partial charge in [-0.25, -0.2) is 0 Å². The Bertz CT molecular complexity index is 575. The van der Waals surface area contributed by atoms with E-state index in [1.54, 1.807) is 7.11 Å². The van der Waals surface area contributed by atoms with E-state index in [1.165, 1.54) is 22.5 Å². The normalized spacial score (nSPS) is 12.5. The molecule has 120 valence electrons. The summed E-state index contributed by atoms with van der Waals surface area (Å²) in [7, 11) is 1.75. The summed E-state index contributed by atoms with van der Waals surface area (Å²) in [6.45, 7) is 9.41. The van der Waals surface area contributed by atoms with Gasteiger partial charge in [-0.3, -0.25) is 0 Å². The lowest BCUT2D eigenvalue weighted by molar-refractivity contribution is 0.194. The summed E-state index contributed by atoms with van der Waals surface area (Å²) in [5.74, 6) is 0. The molecule has 1 N–H and O–H groups in total. The van der Waals surface area contributed by atoms with Crippen LogP contribution in [0.3, 0.4) is 0 Å². The minimum atomic E-state index is 0.364. The molecule has 0 aliphatic carbocycles. The number of ether oxygens (including phenoxy) is 1. The fraction of sp³-hybridized carbons (Fsp3) is 0.474. The molecule has 0 aliphatic heterocycles. The molecule has 1 aromatic heterocycles. The highest BCUT2D eigenvalue weighted by Gasteiger charge is 2.15. The van der Waals surface area contributed by atoms with E-state index in [4.69, 9.17) is 4.74 Å². The number of hydrogen-bond acceptors (Lipinski definition) is 2. The van der Waals surface area contributed by atoms with Crippen LogP contribution in [-0.4, -0.2) is 24.8 Å². The van der Waals surface area contributed by atoms with Crippen molar-refractivity contribution in [3.8, 4) is 0 Å². The number of benzene rings is 1. The van der Waals surface area contributed by atoms with Crippen LogP contribution in [-0.2, 0) is 11.3 Å². The number of aromatic nitrogens is 1. The van der Waals surface area contributed by atoms with E-state index in [-0.39, 0.29) is 0 Å². The first kappa shape index (κ1) is 16.8. The fourth-order valence-corrected chi connectivity index (χ4v) is 3.07. The second-order valence-electron chi connectivity index (χ2n) is 5.88. The van der Waals surface area contributed by atoms with Gasteiger partial charge in [0.1, 0.15) is 0 Å². The van der Waals surface area contributed by atoms with Crippen LogP contribution < -0.4 is 5.32 Å². The lowest BCUT2D eigenvalue weighted by atomic mass is 10.1. The van der Waals surface area contributed by atoms with Crippen molar-refractivity contribution in [3.05, 3.63) is 58.9 Å². The molecule has 3 nitrogen and oxygen atoms in total. The van der Waals surface area contributed by atoms with E-state index < -0.39 is 0 Å². The maximum atomic E-state index is 5.08. The smallest absolute Gasteiger partial charge is 0.0556 e. The van der Waals surface area contributed by atoms with Gasteiger partial charge in [-0.05, 0) is 50.9 Å². The first-order chi connectivity index (χ1) is 10.6. The lowest BCUT2D eigenvalue weighted by Crippen LogP contribution is -2.17. The van der Waals surface area contributed by atoms with Gasteiger partial charge in [0.25, 0.3) is 0 Å². The molecule has 1 aromatic carbocycles. The standard InChI is InChI=1S/C19H28N2O/c1-15-13-19(14-20-11-8-12-22-4)17(3)21(15)16(2)18-9-6-5-7-10-18/h5-7,9-10,13,16,20H,8,11-12,14H2,1-4H3/t16-/m0/s1. The molecule has 0 unspecified atom stereocenters. The van der Waals surface area contributed by atoms with Gasteiger partial charge < -0.3 is 14.6 Å². The zero-order valence-electron chi connectivity index (χ0n) is 14.2. The van der Waals surface area contributed by atoms with Gasteiger partial charge in [0.05, 0.1) is 6.04 Å². The molecule has 3 heteroatoms. The third kappa shape index (κ3) is 3.99. The van der Waals surface area contributed by atoms with Crippen molar-refractivity contribution < 1.29 is 4.74 Å². The first-order valence-electron chi connectivity index (χ1n) is 8.07. The molecule has 0 amide bonds. The quantitative estimate of drug-likeness (QED) is 0.750. The highest BCUT2D eigenvalue weighted by molar-refractivity contribution is 5.30. The number of rotatable bonds is 8. The van der Waals surface area contributed by atoms with Crippen molar-refractivity contribution in [2.75, 3.05) is 20.3 Å². The first-order valence-corrected chi connectivity index (χ1v) is 8.07. The summed E-state index contributed by atoms with van der Waals surface area (Å²) in [6, 6.07) is 13.4. The highest BCUT2D eigenvalue weighted by atomic mass is 16.5. The lowest BCUT2D eigenvalue weighted by Gasteiger charge is -2.19. The third-order valence-corrected chi connectivity index (χ3v) is 4.28. The van der Waals surface area contributed by atoms with Gasteiger partial charge in [0.15, 0.2) is 0 Å². The predicted octanol–water partition coefficient (Wildman–Crippen LogP) is 3.84. The molecule has 22 heavy (non-hydrogen) atoms. The Balaban J connectivity index is 2.07. The molecule has 0 saturated carbocycles. The molecule has 0 radical (unpaired) electrons. The fourth-order valence-electron chi connectivity index (χ4n) is 3.07. The minimum absolute atomic E-state index is 0.364. The summed E-state index contributed by atoms with van der Waals surface area (Å²) in [5.41, 5.74) is 5.41. The van der Waals surface area contributed by atoms with Crippen LogP contribution >= 0.6 is 0 Å². The Morgan fingerprint density at radius 1 is 1.18 bits per heavy atom.